The first-order valence-corrected chi connectivity index (χ1v) is 3.88. The molecule has 2 nitrogen and oxygen atoms in total. The fourth-order valence-corrected chi connectivity index (χ4v) is 1.14. The highest BCUT2D eigenvalue weighted by atomic mass is 32.1. The molecule has 0 radical (unpaired) electrons. The third-order valence-corrected chi connectivity index (χ3v) is 1.85. The molecule has 1 atom stereocenters. The standard InChI is InChI=1S/C8H11NOS/c10-6-8(9-11)7-4-2-1-3-5-7/h1-5,8-11H,6H2/t8-/m0/s1. The van der Waals surface area contributed by atoms with E-state index in [0.29, 0.717) is 0 Å². The van der Waals surface area contributed by atoms with E-state index in [9.17, 15) is 0 Å². The number of thiol groups is 1. The number of aliphatic hydroxyl groups is 1. The lowest BCUT2D eigenvalue weighted by Gasteiger charge is -2.11. The average Bonchev–Trinajstić information content (AvgIpc) is 2.09. The lowest BCUT2D eigenvalue weighted by Crippen LogP contribution is -2.15. The summed E-state index contributed by atoms with van der Waals surface area (Å²) in [6.45, 7) is 0.0630. The Bertz CT molecular complexity index is 199. The van der Waals surface area contributed by atoms with E-state index in [-0.39, 0.29) is 12.6 Å². The molecule has 0 saturated heterocycles. The van der Waals surface area contributed by atoms with Crippen molar-refractivity contribution in [2.75, 3.05) is 6.61 Å². The molecule has 0 amide bonds. The Balaban J connectivity index is 2.74. The molecule has 0 spiro atoms. The number of hydrogen-bond donors (Lipinski definition) is 3. The summed E-state index contributed by atoms with van der Waals surface area (Å²) in [5.74, 6) is 0. The number of rotatable bonds is 3. The van der Waals surface area contributed by atoms with E-state index in [1.807, 2.05) is 30.3 Å². The van der Waals surface area contributed by atoms with Crippen LogP contribution < -0.4 is 4.72 Å². The van der Waals surface area contributed by atoms with Crippen LogP contribution in [0.1, 0.15) is 11.6 Å². The first-order chi connectivity index (χ1) is 5.38. The first kappa shape index (κ1) is 8.59. The van der Waals surface area contributed by atoms with Crippen molar-refractivity contribution in [1.82, 2.24) is 4.72 Å². The topological polar surface area (TPSA) is 32.3 Å². The molecule has 3 heteroatoms. The molecule has 1 rings (SSSR count). The molecule has 0 aromatic heterocycles. The number of aliphatic hydroxyl groups excluding tert-OH is 1. The largest absolute Gasteiger partial charge is 0.394 e. The molecule has 0 bridgehead atoms. The number of hydrogen-bond acceptors (Lipinski definition) is 3. The Hall–Kier alpha value is -0.510. The monoisotopic (exact) mass is 169 g/mol. The van der Waals surface area contributed by atoms with E-state index < -0.39 is 0 Å². The fraction of sp³-hybridized carbons (Fsp3) is 0.250. The van der Waals surface area contributed by atoms with Crippen molar-refractivity contribution in [3.05, 3.63) is 35.9 Å². The minimum atomic E-state index is -0.0699. The molecule has 0 unspecified atom stereocenters. The van der Waals surface area contributed by atoms with Gasteiger partial charge in [-0.15, -0.1) is 0 Å². The van der Waals surface area contributed by atoms with Gasteiger partial charge in [-0.3, -0.25) is 4.72 Å². The van der Waals surface area contributed by atoms with Gasteiger partial charge in [-0.2, -0.15) is 0 Å². The molecule has 0 heterocycles. The zero-order valence-corrected chi connectivity index (χ0v) is 6.96. The molecule has 0 saturated carbocycles. The van der Waals surface area contributed by atoms with Crippen LogP contribution in [0.5, 0.6) is 0 Å². The van der Waals surface area contributed by atoms with E-state index >= 15 is 0 Å². The minimum Gasteiger partial charge on any atom is -0.394 e. The van der Waals surface area contributed by atoms with E-state index in [0.717, 1.165) is 5.56 Å². The van der Waals surface area contributed by atoms with Crippen LogP contribution in [0.15, 0.2) is 30.3 Å². The van der Waals surface area contributed by atoms with E-state index in [1.165, 1.54) is 0 Å². The van der Waals surface area contributed by atoms with Crippen LogP contribution in [0.2, 0.25) is 0 Å². The van der Waals surface area contributed by atoms with Crippen LogP contribution in [0.25, 0.3) is 0 Å². The highest BCUT2D eigenvalue weighted by molar-refractivity contribution is 7.78. The number of benzene rings is 1. The Labute approximate surface area is 71.8 Å². The average molecular weight is 169 g/mol. The summed E-state index contributed by atoms with van der Waals surface area (Å²) in [5, 5.41) is 8.87. The summed E-state index contributed by atoms with van der Waals surface area (Å²) in [7, 11) is 0. The Kier molecular flexibility index (Phi) is 3.42. The van der Waals surface area contributed by atoms with Crippen molar-refractivity contribution in [3.8, 4) is 0 Å². The van der Waals surface area contributed by atoms with Crippen LogP contribution >= 0.6 is 12.8 Å². The van der Waals surface area contributed by atoms with Gasteiger partial charge in [-0.25, -0.2) is 0 Å². The first-order valence-electron chi connectivity index (χ1n) is 3.44. The molecule has 1 aromatic rings. The summed E-state index contributed by atoms with van der Waals surface area (Å²) in [6.07, 6.45) is 0. The van der Waals surface area contributed by atoms with Crippen molar-refractivity contribution < 1.29 is 5.11 Å². The minimum absolute atomic E-state index is 0.0630. The van der Waals surface area contributed by atoms with Crippen molar-refractivity contribution in [2.45, 2.75) is 6.04 Å². The molecule has 1 aromatic carbocycles. The molecule has 60 valence electrons. The summed E-state index contributed by atoms with van der Waals surface area (Å²) < 4.78 is 2.71. The summed E-state index contributed by atoms with van der Waals surface area (Å²) in [6, 6.07) is 9.64. The second-order valence-corrected chi connectivity index (χ2v) is 2.53. The zero-order chi connectivity index (χ0) is 8.10. The van der Waals surface area contributed by atoms with Crippen LogP contribution in [0, 0.1) is 0 Å². The molecule has 2 N–H and O–H groups in total. The van der Waals surface area contributed by atoms with Crippen molar-refractivity contribution in [1.29, 1.82) is 0 Å². The smallest absolute Gasteiger partial charge is 0.0650 e. The molecule has 11 heavy (non-hydrogen) atoms. The molecule has 0 fully saturated rings. The van der Waals surface area contributed by atoms with Gasteiger partial charge in [0.05, 0.1) is 12.6 Å². The van der Waals surface area contributed by atoms with Gasteiger partial charge in [0, 0.05) is 0 Å². The van der Waals surface area contributed by atoms with Crippen molar-refractivity contribution in [2.24, 2.45) is 0 Å². The van der Waals surface area contributed by atoms with Gasteiger partial charge >= 0.3 is 0 Å². The second kappa shape index (κ2) is 4.38. The maximum Gasteiger partial charge on any atom is 0.0650 e. The maximum atomic E-state index is 8.87. The molecular formula is C8H11NOS. The molecule has 0 aliphatic heterocycles. The lowest BCUT2D eigenvalue weighted by atomic mass is 10.1. The van der Waals surface area contributed by atoms with Crippen LogP contribution in [0.4, 0.5) is 0 Å². The van der Waals surface area contributed by atoms with E-state index in [2.05, 4.69) is 17.5 Å². The quantitative estimate of drug-likeness (QED) is 0.593. The van der Waals surface area contributed by atoms with Crippen LogP contribution in [-0.2, 0) is 0 Å². The highest BCUT2D eigenvalue weighted by Gasteiger charge is 2.05. The van der Waals surface area contributed by atoms with Crippen molar-refractivity contribution in [3.63, 3.8) is 0 Å². The van der Waals surface area contributed by atoms with Gasteiger partial charge in [0.15, 0.2) is 0 Å². The van der Waals surface area contributed by atoms with Gasteiger partial charge in [0.25, 0.3) is 0 Å². The SMILES string of the molecule is OC[C@H](NS)c1ccccc1. The number of nitrogens with one attached hydrogen (secondary N) is 1. The predicted molar refractivity (Wildman–Crippen MR) is 48.4 cm³/mol. The van der Waals surface area contributed by atoms with Gasteiger partial charge in [-0.1, -0.05) is 43.1 Å². The second-order valence-electron chi connectivity index (χ2n) is 2.27. The van der Waals surface area contributed by atoms with Crippen LogP contribution in [-0.4, -0.2) is 11.7 Å². The molecule has 0 aliphatic rings. The van der Waals surface area contributed by atoms with Gasteiger partial charge < -0.3 is 5.11 Å². The summed E-state index contributed by atoms with van der Waals surface area (Å²) >= 11 is 3.90. The summed E-state index contributed by atoms with van der Waals surface area (Å²) in [4.78, 5) is 0. The predicted octanol–water partition coefficient (Wildman–Crippen LogP) is 1.15. The van der Waals surface area contributed by atoms with Gasteiger partial charge in [-0.05, 0) is 5.56 Å². The third kappa shape index (κ3) is 2.22. The highest BCUT2D eigenvalue weighted by Crippen LogP contribution is 2.11. The van der Waals surface area contributed by atoms with E-state index in [1.54, 1.807) is 0 Å². The molecular weight excluding hydrogens is 158 g/mol. The lowest BCUT2D eigenvalue weighted by molar-refractivity contribution is 0.261. The Morgan fingerprint density at radius 2 is 2.00 bits per heavy atom. The summed E-state index contributed by atoms with van der Waals surface area (Å²) in [5.41, 5.74) is 1.05. The van der Waals surface area contributed by atoms with Gasteiger partial charge in [0.1, 0.15) is 0 Å². The van der Waals surface area contributed by atoms with Gasteiger partial charge in [0.2, 0.25) is 0 Å². The normalized spacial score (nSPS) is 12.9. The third-order valence-electron chi connectivity index (χ3n) is 1.54. The van der Waals surface area contributed by atoms with Crippen LogP contribution in [0.3, 0.4) is 0 Å². The fourth-order valence-electron chi connectivity index (χ4n) is 0.906. The Morgan fingerprint density at radius 1 is 1.36 bits per heavy atom. The van der Waals surface area contributed by atoms with Crippen molar-refractivity contribution >= 4 is 12.8 Å². The maximum absolute atomic E-state index is 8.87. The molecule has 0 aliphatic carbocycles. The zero-order valence-electron chi connectivity index (χ0n) is 6.07. The van der Waals surface area contributed by atoms with E-state index in [4.69, 9.17) is 5.11 Å². The Morgan fingerprint density at radius 3 is 2.45 bits per heavy atom.